The summed E-state index contributed by atoms with van der Waals surface area (Å²) in [5.41, 5.74) is 4.29. The van der Waals surface area contributed by atoms with Crippen LogP contribution in [-0.4, -0.2) is 64.5 Å². The highest BCUT2D eigenvalue weighted by Crippen LogP contribution is 2.44. The zero-order valence-corrected chi connectivity index (χ0v) is 16.5. The molecule has 2 fully saturated rings. The summed E-state index contributed by atoms with van der Waals surface area (Å²) in [6.07, 6.45) is 4.00. The Morgan fingerprint density at radius 1 is 1.18 bits per heavy atom. The van der Waals surface area contributed by atoms with Crippen molar-refractivity contribution < 1.29 is 4.74 Å². The molecule has 0 bridgehead atoms. The van der Waals surface area contributed by atoms with Gasteiger partial charge in [-0.2, -0.15) is 5.10 Å². The fraction of sp³-hybridized carbons (Fsp3) is 0.650. The quantitative estimate of drug-likeness (QED) is 0.824. The molecule has 2 saturated heterocycles. The van der Waals surface area contributed by atoms with E-state index in [1.54, 1.807) is 0 Å². The SMILES string of the molecule is Cc1cc(CN2CCC3(CCc4c3nc(N3CCOCC3)[nH]c4=O)CC2)n[nH]1. The predicted octanol–water partition coefficient (Wildman–Crippen LogP) is 1.12. The Morgan fingerprint density at radius 2 is 1.96 bits per heavy atom. The molecular formula is C20H28N6O2. The smallest absolute Gasteiger partial charge is 0.255 e. The third kappa shape index (κ3) is 3.14. The van der Waals surface area contributed by atoms with E-state index in [0.717, 1.165) is 87.0 Å². The average molecular weight is 384 g/mol. The van der Waals surface area contributed by atoms with Crippen LogP contribution in [0.25, 0.3) is 0 Å². The van der Waals surface area contributed by atoms with Crippen molar-refractivity contribution in [2.45, 2.75) is 44.6 Å². The van der Waals surface area contributed by atoms with Crippen molar-refractivity contribution in [3.05, 3.63) is 39.1 Å². The van der Waals surface area contributed by atoms with Crippen LogP contribution in [0, 0.1) is 6.92 Å². The third-order valence-electron chi connectivity index (χ3n) is 6.63. The first kappa shape index (κ1) is 17.9. The summed E-state index contributed by atoms with van der Waals surface area (Å²) in [5.74, 6) is 0.725. The summed E-state index contributed by atoms with van der Waals surface area (Å²) >= 11 is 0. The number of rotatable bonds is 3. The van der Waals surface area contributed by atoms with Crippen molar-refractivity contribution >= 4 is 5.95 Å². The van der Waals surface area contributed by atoms with Crippen LogP contribution < -0.4 is 10.5 Å². The number of nitrogens with zero attached hydrogens (tertiary/aromatic N) is 4. The Balaban J connectivity index is 1.35. The molecule has 0 saturated carbocycles. The second-order valence-electron chi connectivity index (χ2n) is 8.41. The summed E-state index contributed by atoms with van der Waals surface area (Å²) in [5, 5.41) is 7.39. The molecular weight excluding hydrogens is 356 g/mol. The summed E-state index contributed by atoms with van der Waals surface area (Å²) in [6, 6.07) is 2.12. The van der Waals surface area contributed by atoms with Gasteiger partial charge in [0.25, 0.3) is 5.56 Å². The molecule has 0 unspecified atom stereocenters. The molecule has 0 aromatic carbocycles. The van der Waals surface area contributed by atoms with Crippen molar-refractivity contribution in [1.29, 1.82) is 0 Å². The normalized spacial score (nSPS) is 22.0. The fourth-order valence-corrected chi connectivity index (χ4v) is 4.97. The molecule has 8 nitrogen and oxygen atoms in total. The van der Waals surface area contributed by atoms with E-state index in [4.69, 9.17) is 9.72 Å². The summed E-state index contributed by atoms with van der Waals surface area (Å²) in [7, 11) is 0. The number of ether oxygens (including phenoxy) is 1. The number of fused-ring (bicyclic) bond motifs is 2. The Morgan fingerprint density at radius 3 is 2.68 bits per heavy atom. The van der Waals surface area contributed by atoms with Crippen molar-refractivity contribution in [2.75, 3.05) is 44.3 Å². The lowest BCUT2D eigenvalue weighted by Gasteiger charge is -2.39. The second kappa shape index (κ2) is 7.00. The van der Waals surface area contributed by atoms with E-state index in [1.807, 2.05) is 6.92 Å². The highest BCUT2D eigenvalue weighted by Gasteiger charge is 2.44. The molecule has 5 rings (SSSR count). The molecule has 150 valence electrons. The minimum absolute atomic E-state index is 0.0535. The molecule has 1 aliphatic carbocycles. The molecule has 4 heterocycles. The first-order valence-corrected chi connectivity index (χ1v) is 10.3. The predicted molar refractivity (Wildman–Crippen MR) is 106 cm³/mol. The van der Waals surface area contributed by atoms with Gasteiger partial charge in [-0.15, -0.1) is 0 Å². The van der Waals surface area contributed by atoms with Gasteiger partial charge in [0.15, 0.2) is 0 Å². The third-order valence-corrected chi connectivity index (χ3v) is 6.63. The Bertz CT molecular complexity index is 906. The van der Waals surface area contributed by atoms with Crippen LogP contribution in [0.4, 0.5) is 5.95 Å². The van der Waals surface area contributed by atoms with Gasteiger partial charge in [-0.25, -0.2) is 4.98 Å². The molecule has 0 radical (unpaired) electrons. The number of aryl methyl sites for hydroxylation is 1. The van der Waals surface area contributed by atoms with Crippen molar-refractivity contribution in [3.8, 4) is 0 Å². The van der Waals surface area contributed by atoms with Gasteiger partial charge in [0.1, 0.15) is 0 Å². The monoisotopic (exact) mass is 384 g/mol. The van der Waals surface area contributed by atoms with Gasteiger partial charge in [-0.1, -0.05) is 0 Å². The van der Waals surface area contributed by atoms with Gasteiger partial charge in [-0.3, -0.25) is 19.8 Å². The largest absolute Gasteiger partial charge is 0.378 e. The zero-order chi connectivity index (χ0) is 19.1. The number of piperidine rings is 1. The molecule has 28 heavy (non-hydrogen) atoms. The highest BCUT2D eigenvalue weighted by atomic mass is 16.5. The number of hydrogen-bond donors (Lipinski definition) is 2. The summed E-state index contributed by atoms with van der Waals surface area (Å²) in [6.45, 7) is 7.90. The minimum atomic E-state index is 0.0535. The van der Waals surface area contributed by atoms with Crippen LogP contribution >= 0.6 is 0 Å². The van der Waals surface area contributed by atoms with Crippen molar-refractivity contribution in [3.63, 3.8) is 0 Å². The topological polar surface area (TPSA) is 90.1 Å². The first-order valence-electron chi connectivity index (χ1n) is 10.3. The number of anilines is 1. The maximum Gasteiger partial charge on any atom is 0.255 e. The average Bonchev–Trinajstić information content (AvgIpc) is 3.29. The van der Waals surface area contributed by atoms with Crippen LogP contribution in [0.15, 0.2) is 10.9 Å². The minimum Gasteiger partial charge on any atom is -0.378 e. The van der Waals surface area contributed by atoms with E-state index in [0.29, 0.717) is 13.2 Å². The Labute approximate surface area is 164 Å². The standard InChI is InChI=1S/C20H28N6O2/c1-14-12-15(24-23-14)13-25-6-4-20(5-7-25)3-2-16-17(20)21-19(22-18(16)27)26-8-10-28-11-9-26/h12H,2-11,13H2,1H3,(H,23,24)(H,21,22,27). The van der Waals surface area contributed by atoms with Crippen LogP contribution in [0.5, 0.6) is 0 Å². The number of aromatic nitrogens is 4. The van der Waals surface area contributed by atoms with Crippen LogP contribution in [0.3, 0.4) is 0 Å². The lowest BCUT2D eigenvalue weighted by molar-refractivity contribution is 0.121. The lowest BCUT2D eigenvalue weighted by Crippen LogP contribution is -2.43. The van der Waals surface area contributed by atoms with Gasteiger partial charge in [0, 0.05) is 36.3 Å². The summed E-state index contributed by atoms with van der Waals surface area (Å²) < 4.78 is 5.44. The maximum absolute atomic E-state index is 12.7. The molecule has 2 aliphatic heterocycles. The van der Waals surface area contributed by atoms with Gasteiger partial charge in [0.2, 0.25) is 5.95 Å². The molecule has 3 aliphatic rings. The molecule has 2 aromatic heterocycles. The van der Waals surface area contributed by atoms with Crippen molar-refractivity contribution in [1.82, 2.24) is 25.1 Å². The maximum atomic E-state index is 12.7. The van der Waals surface area contributed by atoms with Gasteiger partial charge >= 0.3 is 0 Å². The number of nitrogens with one attached hydrogen (secondary N) is 2. The summed E-state index contributed by atoms with van der Waals surface area (Å²) in [4.78, 5) is 25.4. The lowest BCUT2D eigenvalue weighted by atomic mass is 9.76. The number of likely N-dealkylation sites (tertiary alicyclic amines) is 1. The van der Waals surface area contributed by atoms with E-state index in [2.05, 4.69) is 31.0 Å². The highest BCUT2D eigenvalue weighted by molar-refractivity contribution is 5.40. The van der Waals surface area contributed by atoms with E-state index in [-0.39, 0.29) is 11.0 Å². The van der Waals surface area contributed by atoms with Crippen LogP contribution in [-0.2, 0) is 23.1 Å². The van der Waals surface area contributed by atoms with Crippen LogP contribution in [0.1, 0.15) is 41.9 Å². The van der Waals surface area contributed by atoms with Crippen molar-refractivity contribution in [2.24, 2.45) is 0 Å². The van der Waals surface area contributed by atoms with Gasteiger partial charge < -0.3 is 9.64 Å². The number of hydrogen-bond acceptors (Lipinski definition) is 6. The fourth-order valence-electron chi connectivity index (χ4n) is 4.97. The number of morpholine rings is 1. The molecule has 0 atom stereocenters. The van der Waals surface area contributed by atoms with E-state index >= 15 is 0 Å². The van der Waals surface area contributed by atoms with E-state index in [1.165, 1.54) is 0 Å². The molecule has 1 spiro atoms. The second-order valence-corrected chi connectivity index (χ2v) is 8.41. The zero-order valence-electron chi connectivity index (χ0n) is 16.5. The molecule has 8 heteroatoms. The van der Waals surface area contributed by atoms with Gasteiger partial charge in [0.05, 0.1) is 24.6 Å². The Hall–Kier alpha value is -2.19. The first-order chi connectivity index (χ1) is 13.6. The van der Waals surface area contributed by atoms with E-state index < -0.39 is 0 Å². The molecule has 0 amide bonds. The Kier molecular flexibility index (Phi) is 4.47. The van der Waals surface area contributed by atoms with Gasteiger partial charge in [-0.05, 0) is 51.8 Å². The number of aromatic amines is 2. The molecule has 2 aromatic rings. The molecule has 2 N–H and O–H groups in total. The number of H-pyrrole nitrogens is 2. The van der Waals surface area contributed by atoms with E-state index in [9.17, 15) is 4.79 Å². The van der Waals surface area contributed by atoms with Crippen LogP contribution in [0.2, 0.25) is 0 Å².